The maximum atomic E-state index is 5.90. The molecule has 0 aliphatic carbocycles. The van der Waals surface area contributed by atoms with E-state index in [1.807, 2.05) is 48.5 Å². The van der Waals surface area contributed by atoms with E-state index in [4.69, 9.17) is 52.9 Å². The fraction of sp³-hybridized carbons (Fsp3) is 0.462. The molecule has 12 heteroatoms. The topological polar surface area (TPSA) is 61.9 Å². The lowest BCUT2D eigenvalue weighted by Gasteiger charge is -2.35. The van der Waals surface area contributed by atoms with Crippen molar-refractivity contribution < 1.29 is 28.4 Å². The van der Waals surface area contributed by atoms with Crippen LogP contribution in [0.25, 0.3) is 0 Å². The van der Waals surface area contributed by atoms with Gasteiger partial charge in [0, 0.05) is 26.2 Å². The second kappa shape index (κ2) is 15.0. The van der Waals surface area contributed by atoms with Crippen molar-refractivity contribution >= 4 is 54.7 Å². The maximum Gasteiger partial charge on any atom is 0.147 e. The summed E-state index contributed by atoms with van der Waals surface area (Å²) in [6.07, 6.45) is -0.126. The van der Waals surface area contributed by atoms with Crippen molar-refractivity contribution in [2.24, 2.45) is 0 Å². The van der Waals surface area contributed by atoms with Crippen LogP contribution in [0.3, 0.4) is 0 Å². The summed E-state index contributed by atoms with van der Waals surface area (Å²) in [6.45, 7) is 4.97. The molecule has 0 saturated carbocycles. The van der Waals surface area contributed by atoms with Crippen LogP contribution in [0.5, 0.6) is 23.0 Å². The summed E-state index contributed by atoms with van der Waals surface area (Å²) >= 11 is 11.4. The smallest absolute Gasteiger partial charge is 0.147 e. The summed E-state index contributed by atoms with van der Waals surface area (Å²) in [6, 6.07) is 15.1. The Hall–Kier alpha value is -1.96. The molecule has 0 N–H and O–H groups in total. The Morgan fingerprint density at radius 2 is 1.08 bits per heavy atom. The first-order valence-electron chi connectivity index (χ1n) is 12.2. The third-order valence-corrected chi connectivity index (χ3v) is 9.70. The zero-order valence-corrected chi connectivity index (χ0v) is 24.7. The maximum absolute atomic E-state index is 5.90. The highest BCUT2D eigenvalue weighted by molar-refractivity contribution is 8.89. The summed E-state index contributed by atoms with van der Waals surface area (Å²) in [7, 11) is 6.32. The second-order valence-corrected chi connectivity index (χ2v) is 11.9. The lowest BCUT2D eigenvalue weighted by molar-refractivity contribution is -0.0273. The van der Waals surface area contributed by atoms with Crippen LogP contribution < -0.4 is 18.9 Å². The average molecular weight is 597 g/mol. The molecule has 2 aliphatic heterocycles. The minimum atomic E-state index is -0.0629. The fourth-order valence-corrected chi connectivity index (χ4v) is 6.56. The molecular weight excluding hydrogens is 565 g/mol. The number of nitrogens with zero attached hydrogens (tertiary/aromatic N) is 2. The molecule has 0 radical (unpaired) electrons. The Morgan fingerprint density at radius 3 is 1.45 bits per heavy atom. The van der Waals surface area contributed by atoms with Gasteiger partial charge in [0.05, 0.1) is 27.4 Å². The number of hydrogen-bond acceptors (Lipinski definition) is 10. The first kappa shape index (κ1) is 29.0. The molecule has 0 amide bonds. The van der Waals surface area contributed by atoms with E-state index in [2.05, 4.69) is 9.80 Å². The molecule has 4 rings (SSSR count). The van der Waals surface area contributed by atoms with Crippen LogP contribution in [0.4, 0.5) is 0 Å². The second-order valence-electron chi connectivity index (χ2n) is 8.55. The van der Waals surface area contributed by atoms with Gasteiger partial charge >= 0.3 is 0 Å². The number of morpholine rings is 2. The highest BCUT2D eigenvalue weighted by Crippen LogP contribution is 2.30. The lowest BCUT2D eigenvalue weighted by Crippen LogP contribution is -2.47. The molecule has 2 fully saturated rings. The molecule has 2 aliphatic rings. The van der Waals surface area contributed by atoms with E-state index in [1.54, 1.807) is 14.2 Å². The highest BCUT2D eigenvalue weighted by Gasteiger charge is 2.26. The van der Waals surface area contributed by atoms with Crippen molar-refractivity contribution in [3.8, 4) is 23.0 Å². The molecule has 0 bridgehead atoms. The van der Waals surface area contributed by atoms with Gasteiger partial charge in [0.1, 0.15) is 57.1 Å². The van der Waals surface area contributed by atoms with Gasteiger partial charge in [-0.3, -0.25) is 0 Å². The molecule has 2 aromatic rings. The van der Waals surface area contributed by atoms with Crippen molar-refractivity contribution in [1.29, 1.82) is 0 Å². The molecule has 2 atom stereocenters. The number of hydrogen-bond donors (Lipinski definition) is 0. The first-order chi connectivity index (χ1) is 18.5. The van der Waals surface area contributed by atoms with E-state index in [1.165, 1.54) is 21.6 Å². The molecule has 0 spiro atoms. The van der Waals surface area contributed by atoms with Crippen LogP contribution >= 0.6 is 46.0 Å². The van der Waals surface area contributed by atoms with Gasteiger partial charge < -0.3 is 38.2 Å². The van der Waals surface area contributed by atoms with Crippen molar-refractivity contribution in [2.75, 3.05) is 66.8 Å². The van der Waals surface area contributed by atoms with Crippen molar-refractivity contribution in [3.63, 3.8) is 0 Å². The molecule has 206 valence electrons. The standard InChI is InChI=1S/C26H32N2O6S4/c1-29-19-3-7-21(8-4-19)33-17-23-15-27(11-13-31-23)25(35)37-38-26(36)28-12-14-32-24(16-28)18-34-22-9-5-20(30-2)6-10-22/h3-10,23-24H,11-18H2,1-2H3. The van der Waals surface area contributed by atoms with E-state index in [-0.39, 0.29) is 12.2 Å². The molecule has 8 nitrogen and oxygen atoms in total. The summed E-state index contributed by atoms with van der Waals surface area (Å²) in [5.41, 5.74) is 0. The number of thiocarbonyl (C=S) groups is 2. The number of methoxy groups -OCH3 is 2. The van der Waals surface area contributed by atoms with E-state index >= 15 is 0 Å². The summed E-state index contributed by atoms with van der Waals surface area (Å²) in [5.74, 6) is 3.15. The molecule has 38 heavy (non-hydrogen) atoms. The summed E-state index contributed by atoms with van der Waals surface area (Å²) in [5, 5.41) is 0. The van der Waals surface area contributed by atoms with Gasteiger partial charge in [-0.05, 0) is 70.1 Å². The largest absolute Gasteiger partial charge is 0.497 e. The van der Waals surface area contributed by atoms with Crippen molar-refractivity contribution in [2.45, 2.75) is 12.2 Å². The number of benzene rings is 2. The average Bonchev–Trinajstić information content (AvgIpc) is 2.98. The van der Waals surface area contributed by atoms with Crippen molar-refractivity contribution in [3.05, 3.63) is 48.5 Å². The van der Waals surface area contributed by atoms with Gasteiger partial charge in [-0.1, -0.05) is 24.4 Å². The van der Waals surface area contributed by atoms with E-state index in [9.17, 15) is 0 Å². The van der Waals surface area contributed by atoms with Crippen LogP contribution in [0, 0.1) is 0 Å². The summed E-state index contributed by atoms with van der Waals surface area (Å²) in [4.78, 5) is 4.32. The van der Waals surface area contributed by atoms with E-state index < -0.39 is 0 Å². The highest BCUT2D eigenvalue weighted by atomic mass is 33.1. The predicted molar refractivity (Wildman–Crippen MR) is 160 cm³/mol. The minimum absolute atomic E-state index is 0.0629. The van der Waals surface area contributed by atoms with Gasteiger partial charge in [-0.25, -0.2) is 0 Å². The Balaban J connectivity index is 1.16. The molecular formula is C26H32N2O6S4. The molecule has 2 unspecified atom stereocenters. The van der Waals surface area contributed by atoms with Crippen LogP contribution in [-0.4, -0.2) is 97.5 Å². The molecule has 0 aromatic heterocycles. The third-order valence-electron chi connectivity index (χ3n) is 5.97. The molecule has 2 saturated heterocycles. The lowest BCUT2D eigenvalue weighted by atomic mass is 10.3. The Labute approximate surface area is 242 Å². The van der Waals surface area contributed by atoms with Gasteiger partial charge in [-0.15, -0.1) is 0 Å². The zero-order chi connectivity index (χ0) is 26.7. The van der Waals surface area contributed by atoms with E-state index in [0.29, 0.717) is 39.5 Å². The van der Waals surface area contributed by atoms with Gasteiger partial charge in [0.15, 0.2) is 0 Å². The predicted octanol–water partition coefficient (Wildman–Crippen LogP) is 4.51. The van der Waals surface area contributed by atoms with Crippen LogP contribution in [0.1, 0.15) is 0 Å². The normalized spacial score (nSPS) is 19.5. The number of rotatable bonds is 8. The Morgan fingerprint density at radius 1 is 0.711 bits per heavy atom. The van der Waals surface area contributed by atoms with Gasteiger partial charge in [-0.2, -0.15) is 0 Å². The minimum Gasteiger partial charge on any atom is -0.497 e. The molecule has 2 heterocycles. The SMILES string of the molecule is COc1ccc(OCC2CN(C(=S)SSC(=S)N3CCOC(COc4ccc(OC)cc4)C3)CCO2)cc1. The van der Waals surface area contributed by atoms with Crippen LogP contribution in [-0.2, 0) is 9.47 Å². The van der Waals surface area contributed by atoms with Gasteiger partial charge in [0.25, 0.3) is 0 Å². The third kappa shape index (κ3) is 8.78. The van der Waals surface area contributed by atoms with Crippen LogP contribution in [0.2, 0.25) is 0 Å². The van der Waals surface area contributed by atoms with Crippen LogP contribution in [0.15, 0.2) is 48.5 Å². The van der Waals surface area contributed by atoms with Gasteiger partial charge in [0.2, 0.25) is 0 Å². The van der Waals surface area contributed by atoms with Crippen molar-refractivity contribution in [1.82, 2.24) is 9.80 Å². The quantitative estimate of drug-likeness (QED) is 0.318. The summed E-state index contributed by atoms with van der Waals surface area (Å²) < 4.78 is 35.6. The zero-order valence-electron chi connectivity index (χ0n) is 21.4. The van der Waals surface area contributed by atoms with E-state index in [0.717, 1.165) is 44.7 Å². The molecule has 2 aromatic carbocycles. The first-order valence-corrected chi connectivity index (χ1v) is 15.2. The Kier molecular flexibility index (Phi) is 11.5. The monoisotopic (exact) mass is 596 g/mol. The number of ether oxygens (including phenoxy) is 6. The fourth-order valence-electron chi connectivity index (χ4n) is 3.87. The Bertz CT molecular complexity index is 960.